The Balaban J connectivity index is 1.76. The number of ether oxygens (including phenoxy) is 1. The van der Waals surface area contributed by atoms with Gasteiger partial charge in [-0.05, 0) is 43.0 Å². The molecular formula is C19H20N6OS. The smallest absolute Gasteiger partial charge is 0.130 e. The third-order valence-corrected chi connectivity index (χ3v) is 6.08. The molecule has 4 aromatic rings. The van der Waals surface area contributed by atoms with Crippen LogP contribution in [-0.2, 0) is 4.74 Å². The number of hydrogen-bond donors (Lipinski definition) is 2. The van der Waals surface area contributed by atoms with Crippen LogP contribution in [0.15, 0.2) is 29.8 Å². The highest BCUT2D eigenvalue weighted by molar-refractivity contribution is 7.13. The summed E-state index contributed by atoms with van der Waals surface area (Å²) in [4.78, 5) is 8.55. The number of pyridine rings is 1. The molecule has 1 saturated heterocycles. The number of aromatic nitrogens is 5. The van der Waals surface area contributed by atoms with E-state index >= 15 is 0 Å². The maximum absolute atomic E-state index is 5.61. The Hall–Kier alpha value is -2.71. The van der Waals surface area contributed by atoms with Crippen molar-refractivity contribution >= 4 is 28.2 Å². The Kier molecular flexibility index (Phi) is 3.95. The van der Waals surface area contributed by atoms with E-state index in [1.807, 2.05) is 6.07 Å². The number of anilines is 1. The van der Waals surface area contributed by atoms with Crippen molar-refractivity contribution in [3.8, 4) is 21.8 Å². The number of thiophene rings is 1. The molecule has 7 nitrogen and oxygen atoms in total. The van der Waals surface area contributed by atoms with E-state index in [0.29, 0.717) is 6.61 Å². The van der Waals surface area contributed by atoms with Crippen LogP contribution >= 0.6 is 11.3 Å². The van der Waals surface area contributed by atoms with Crippen LogP contribution in [0.3, 0.4) is 0 Å². The minimum atomic E-state index is 0.281. The molecule has 0 saturated carbocycles. The lowest BCUT2D eigenvalue weighted by Crippen LogP contribution is -2.44. The van der Waals surface area contributed by atoms with Gasteiger partial charge in [-0.1, -0.05) is 0 Å². The maximum Gasteiger partial charge on any atom is 0.130 e. The summed E-state index contributed by atoms with van der Waals surface area (Å²) in [5, 5.41) is 17.0. The largest absolute Gasteiger partial charge is 0.377 e. The Morgan fingerprint density at radius 3 is 2.93 bits per heavy atom. The molecule has 0 unspecified atom stereocenters. The third-order valence-electron chi connectivity index (χ3n) is 5.03. The number of H-pyrrole nitrogens is 2. The molecule has 1 aliphatic heterocycles. The standard InChI is InChI=1S/C19H20N6OS/c1-11-4-8-27-19(11)13-9-15(25-6-7-26-10-12(25)2)21-18-16(13)23-24-17(18)14-3-5-20-22-14/h3-5,8-9,12H,6-7,10H2,1-2H3,(H,20,22)(H,23,24)/t12-/m1/s1. The van der Waals surface area contributed by atoms with E-state index in [9.17, 15) is 0 Å². The van der Waals surface area contributed by atoms with Gasteiger partial charge in [-0.15, -0.1) is 11.3 Å². The fraction of sp³-hybridized carbons (Fsp3) is 0.316. The molecule has 0 aliphatic carbocycles. The van der Waals surface area contributed by atoms with Crippen molar-refractivity contribution in [2.45, 2.75) is 19.9 Å². The van der Waals surface area contributed by atoms with Gasteiger partial charge in [-0.25, -0.2) is 4.98 Å². The van der Waals surface area contributed by atoms with Crippen molar-refractivity contribution in [1.29, 1.82) is 0 Å². The summed E-state index contributed by atoms with van der Waals surface area (Å²) >= 11 is 1.74. The summed E-state index contributed by atoms with van der Waals surface area (Å²) in [7, 11) is 0. The average Bonchev–Trinajstić information content (AvgIpc) is 3.41. The number of hydrogen-bond acceptors (Lipinski definition) is 6. The van der Waals surface area contributed by atoms with Gasteiger partial charge in [0.25, 0.3) is 0 Å². The van der Waals surface area contributed by atoms with Crippen molar-refractivity contribution < 1.29 is 4.74 Å². The highest BCUT2D eigenvalue weighted by atomic mass is 32.1. The Labute approximate surface area is 160 Å². The monoisotopic (exact) mass is 380 g/mol. The zero-order valence-corrected chi connectivity index (χ0v) is 16.0. The minimum Gasteiger partial charge on any atom is -0.377 e. The molecule has 1 aliphatic rings. The predicted octanol–water partition coefficient (Wildman–Crippen LogP) is 3.61. The van der Waals surface area contributed by atoms with Crippen molar-refractivity contribution in [1.82, 2.24) is 25.4 Å². The third kappa shape index (κ3) is 2.72. The van der Waals surface area contributed by atoms with Crippen LogP contribution in [0.2, 0.25) is 0 Å². The van der Waals surface area contributed by atoms with Gasteiger partial charge >= 0.3 is 0 Å². The van der Waals surface area contributed by atoms with Crippen LogP contribution in [0, 0.1) is 6.92 Å². The number of aryl methyl sites for hydroxylation is 1. The number of aromatic amines is 2. The molecule has 0 spiro atoms. The van der Waals surface area contributed by atoms with E-state index in [1.54, 1.807) is 17.5 Å². The highest BCUT2D eigenvalue weighted by Crippen LogP contribution is 2.38. The van der Waals surface area contributed by atoms with Crippen LogP contribution < -0.4 is 4.90 Å². The first-order valence-electron chi connectivity index (χ1n) is 9.00. The quantitative estimate of drug-likeness (QED) is 0.567. The van der Waals surface area contributed by atoms with Crippen molar-refractivity contribution in [3.05, 3.63) is 35.3 Å². The molecule has 0 amide bonds. The second kappa shape index (κ2) is 6.47. The minimum absolute atomic E-state index is 0.281. The molecule has 0 bridgehead atoms. The van der Waals surface area contributed by atoms with Crippen LogP contribution in [0.1, 0.15) is 12.5 Å². The van der Waals surface area contributed by atoms with Gasteiger partial charge in [0, 0.05) is 23.2 Å². The lowest BCUT2D eigenvalue weighted by atomic mass is 10.1. The molecular weight excluding hydrogens is 360 g/mol. The zero-order valence-electron chi connectivity index (χ0n) is 15.2. The summed E-state index contributed by atoms with van der Waals surface area (Å²) in [6.07, 6.45) is 1.74. The molecule has 2 N–H and O–H groups in total. The first kappa shape index (κ1) is 16.5. The normalized spacial score (nSPS) is 17.7. The summed E-state index contributed by atoms with van der Waals surface area (Å²) in [6, 6.07) is 6.52. The Morgan fingerprint density at radius 2 is 2.19 bits per heavy atom. The van der Waals surface area contributed by atoms with E-state index in [0.717, 1.165) is 47.0 Å². The van der Waals surface area contributed by atoms with Gasteiger partial charge in [-0.3, -0.25) is 10.2 Å². The molecule has 5 rings (SSSR count). The van der Waals surface area contributed by atoms with Crippen molar-refractivity contribution in [3.63, 3.8) is 0 Å². The van der Waals surface area contributed by atoms with Gasteiger partial charge in [0.2, 0.25) is 0 Å². The Bertz CT molecular complexity index is 1080. The topological polar surface area (TPSA) is 82.7 Å². The van der Waals surface area contributed by atoms with Gasteiger partial charge in [-0.2, -0.15) is 10.2 Å². The number of nitrogens with zero attached hydrogens (tertiary/aromatic N) is 4. The number of morpholine rings is 1. The van der Waals surface area contributed by atoms with Crippen molar-refractivity contribution in [2.24, 2.45) is 0 Å². The first-order valence-corrected chi connectivity index (χ1v) is 9.88. The van der Waals surface area contributed by atoms with Crippen LogP contribution in [-0.4, -0.2) is 51.2 Å². The summed E-state index contributed by atoms with van der Waals surface area (Å²) < 4.78 is 5.61. The number of rotatable bonds is 3. The first-order chi connectivity index (χ1) is 13.2. The predicted molar refractivity (Wildman–Crippen MR) is 107 cm³/mol. The highest BCUT2D eigenvalue weighted by Gasteiger charge is 2.24. The van der Waals surface area contributed by atoms with Crippen LogP contribution in [0.25, 0.3) is 32.9 Å². The van der Waals surface area contributed by atoms with E-state index in [4.69, 9.17) is 9.72 Å². The summed E-state index contributed by atoms with van der Waals surface area (Å²) in [5.74, 6) is 0.961. The molecule has 0 radical (unpaired) electrons. The van der Waals surface area contributed by atoms with E-state index in [1.165, 1.54) is 10.4 Å². The van der Waals surface area contributed by atoms with E-state index in [2.05, 4.69) is 56.7 Å². The lowest BCUT2D eigenvalue weighted by molar-refractivity contribution is 0.0986. The van der Waals surface area contributed by atoms with Crippen LogP contribution in [0.4, 0.5) is 5.82 Å². The molecule has 0 aromatic carbocycles. The van der Waals surface area contributed by atoms with Gasteiger partial charge < -0.3 is 9.64 Å². The maximum atomic E-state index is 5.61. The molecule has 27 heavy (non-hydrogen) atoms. The average molecular weight is 380 g/mol. The molecule has 5 heterocycles. The van der Waals surface area contributed by atoms with E-state index < -0.39 is 0 Å². The lowest BCUT2D eigenvalue weighted by Gasteiger charge is -2.34. The molecule has 8 heteroatoms. The molecule has 1 atom stereocenters. The van der Waals surface area contributed by atoms with E-state index in [-0.39, 0.29) is 6.04 Å². The number of nitrogens with one attached hydrogen (secondary N) is 2. The molecule has 1 fully saturated rings. The van der Waals surface area contributed by atoms with Gasteiger partial charge in [0.05, 0.1) is 24.9 Å². The Morgan fingerprint density at radius 1 is 1.26 bits per heavy atom. The summed E-state index contributed by atoms with van der Waals surface area (Å²) in [6.45, 7) is 6.58. The second-order valence-corrected chi connectivity index (χ2v) is 7.76. The fourth-order valence-electron chi connectivity index (χ4n) is 3.60. The van der Waals surface area contributed by atoms with Crippen molar-refractivity contribution in [2.75, 3.05) is 24.7 Å². The molecule has 138 valence electrons. The van der Waals surface area contributed by atoms with Gasteiger partial charge in [0.15, 0.2) is 0 Å². The summed E-state index contributed by atoms with van der Waals surface area (Å²) in [5.41, 5.74) is 5.85. The second-order valence-electron chi connectivity index (χ2n) is 6.84. The fourth-order valence-corrected chi connectivity index (χ4v) is 4.54. The van der Waals surface area contributed by atoms with Crippen LogP contribution in [0.5, 0.6) is 0 Å². The molecule has 4 aromatic heterocycles. The number of fused-ring (bicyclic) bond motifs is 1. The zero-order chi connectivity index (χ0) is 18.4. The SMILES string of the molecule is Cc1ccsc1-c1cc(N2CCOC[C@H]2C)nc2c(-c3ccn[nH]3)[nH]nc12. The van der Waals surface area contributed by atoms with Gasteiger partial charge in [0.1, 0.15) is 22.5 Å².